The van der Waals surface area contributed by atoms with Gasteiger partial charge in [-0.2, -0.15) is 4.98 Å². The maximum Gasteiger partial charge on any atom is 0.334 e. The zero-order chi connectivity index (χ0) is 21.3. The lowest BCUT2D eigenvalue weighted by atomic mass is 10.1. The van der Waals surface area contributed by atoms with Crippen molar-refractivity contribution in [1.29, 1.82) is 0 Å². The number of halogens is 2. The highest BCUT2D eigenvalue weighted by molar-refractivity contribution is 6.42. The predicted molar refractivity (Wildman–Crippen MR) is 119 cm³/mol. The number of hydrogen-bond acceptors (Lipinski definition) is 5. The molecule has 0 fully saturated rings. The second kappa shape index (κ2) is 8.30. The fourth-order valence-electron chi connectivity index (χ4n) is 3.10. The molecule has 2 heterocycles. The average Bonchev–Trinajstić information content (AvgIpc) is 2.70. The molecule has 9 heteroatoms. The maximum absolute atomic E-state index is 12.9. The Hall–Kier alpha value is -3.16. The summed E-state index contributed by atoms with van der Waals surface area (Å²) in [6, 6.07) is 12.6. The van der Waals surface area contributed by atoms with Crippen LogP contribution in [0.4, 0.5) is 5.95 Å². The van der Waals surface area contributed by atoms with Crippen molar-refractivity contribution < 1.29 is 0 Å². The number of hydrogen-bond donors (Lipinski definition) is 2. The van der Waals surface area contributed by atoms with Gasteiger partial charge in [0.1, 0.15) is 5.39 Å². The molecular formula is C21H17Cl2N5O2. The third-order valence-electron chi connectivity index (χ3n) is 4.59. The summed E-state index contributed by atoms with van der Waals surface area (Å²) in [5.74, 6) is 0.311. The summed E-state index contributed by atoms with van der Waals surface area (Å²) in [6.07, 6.45) is 2.08. The van der Waals surface area contributed by atoms with Gasteiger partial charge in [0.25, 0.3) is 5.56 Å². The number of benzene rings is 2. The van der Waals surface area contributed by atoms with Crippen molar-refractivity contribution in [1.82, 2.24) is 19.5 Å². The second-order valence-corrected chi connectivity index (χ2v) is 7.61. The molecule has 0 radical (unpaired) electrons. The molecule has 0 amide bonds. The number of anilines is 1. The third-order valence-corrected chi connectivity index (χ3v) is 5.33. The Morgan fingerprint density at radius 3 is 2.70 bits per heavy atom. The SMILES string of the molecule is Cc1cccc(-n2c(=O)[nH]c3nc(NCCc4ccc(Cl)c(Cl)c4)ncc3c2=O)c1. The molecular weight excluding hydrogens is 425 g/mol. The number of nitrogens with one attached hydrogen (secondary N) is 2. The molecule has 7 nitrogen and oxygen atoms in total. The molecule has 0 spiro atoms. The summed E-state index contributed by atoms with van der Waals surface area (Å²) in [5.41, 5.74) is 1.59. The first-order chi connectivity index (χ1) is 14.4. The van der Waals surface area contributed by atoms with Crippen molar-refractivity contribution in [2.45, 2.75) is 13.3 Å². The molecule has 0 atom stereocenters. The predicted octanol–water partition coefficient (Wildman–Crippen LogP) is 3.74. The van der Waals surface area contributed by atoms with Crippen LogP contribution in [-0.4, -0.2) is 26.1 Å². The van der Waals surface area contributed by atoms with Gasteiger partial charge < -0.3 is 5.32 Å². The topological polar surface area (TPSA) is 92.7 Å². The van der Waals surface area contributed by atoms with E-state index in [9.17, 15) is 9.59 Å². The zero-order valence-corrected chi connectivity index (χ0v) is 17.5. The average molecular weight is 442 g/mol. The lowest BCUT2D eigenvalue weighted by Gasteiger charge is -2.09. The highest BCUT2D eigenvalue weighted by atomic mass is 35.5. The molecule has 0 bridgehead atoms. The van der Waals surface area contributed by atoms with Crippen LogP contribution < -0.4 is 16.6 Å². The van der Waals surface area contributed by atoms with Crippen molar-refractivity contribution in [3.8, 4) is 5.69 Å². The van der Waals surface area contributed by atoms with Crippen LogP contribution >= 0.6 is 23.2 Å². The van der Waals surface area contributed by atoms with Crippen LogP contribution in [0.5, 0.6) is 0 Å². The highest BCUT2D eigenvalue weighted by Crippen LogP contribution is 2.22. The minimum absolute atomic E-state index is 0.181. The van der Waals surface area contributed by atoms with Gasteiger partial charge >= 0.3 is 5.69 Å². The standard InChI is InChI=1S/C21H17Cl2N5O2/c1-12-3-2-4-14(9-12)28-19(29)15-11-25-20(26-18(15)27-21(28)30)24-8-7-13-5-6-16(22)17(23)10-13/h2-6,9-11H,7-8H2,1H3,(H2,24,25,26,27,30). The Labute approximate surface area is 181 Å². The number of aromatic amines is 1. The van der Waals surface area contributed by atoms with E-state index in [0.29, 0.717) is 34.6 Å². The first-order valence-corrected chi connectivity index (χ1v) is 9.95. The van der Waals surface area contributed by atoms with Gasteiger partial charge in [-0.15, -0.1) is 0 Å². The molecule has 4 aromatic rings. The molecule has 30 heavy (non-hydrogen) atoms. The largest absolute Gasteiger partial charge is 0.354 e. The van der Waals surface area contributed by atoms with Crippen LogP contribution in [0.2, 0.25) is 10.0 Å². The molecule has 0 unspecified atom stereocenters. The lowest BCUT2D eigenvalue weighted by Crippen LogP contribution is -2.34. The minimum atomic E-state index is -0.557. The summed E-state index contributed by atoms with van der Waals surface area (Å²) in [6.45, 7) is 2.43. The molecule has 152 valence electrons. The Balaban J connectivity index is 1.59. The molecule has 2 aromatic heterocycles. The zero-order valence-electron chi connectivity index (χ0n) is 15.9. The molecule has 2 aromatic carbocycles. The normalized spacial score (nSPS) is 11.0. The molecule has 2 N–H and O–H groups in total. The van der Waals surface area contributed by atoms with E-state index in [2.05, 4.69) is 20.3 Å². The van der Waals surface area contributed by atoms with Gasteiger partial charge in [0, 0.05) is 12.7 Å². The van der Waals surface area contributed by atoms with Crippen molar-refractivity contribution in [2.24, 2.45) is 0 Å². The summed E-state index contributed by atoms with van der Waals surface area (Å²) >= 11 is 12.0. The van der Waals surface area contributed by atoms with E-state index in [1.54, 1.807) is 30.3 Å². The molecule has 0 aliphatic heterocycles. The van der Waals surface area contributed by atoms with E-state index >= 15 is 0 Å². The maximum atomic E-state index is 12.9. The first kappa shape index (κ1) is 20.1. The quantitative estimate of drug-likeness (QED) is 0.491. The van der Waals surface area contributed by atoms with E-state index in [-0.39, 0.29) is 11.0 Å². The van der Waals surface area contributed by atoms with Crippen LogP contribution in [0, 0.1) is 6.92 Å². The Bertz CT molecular complexity index is 1360. The van der Waals surface area contributed by atoms with Crippen LogP contribution in [0.15, 0.2) is 58.3 Å². The van der Waals surface area contributed by atoms with Crippen LogP contribution in [0.3, 0.4) is 0 Å². The van der Waals surface area contributed by atoms with E-state index in [1.807, 2.05) is 19.1 Å². The molecule has 4 rings (SSSR count). The molecule has 0 aliphatic rings. The van der Waals surface area contributed by atoms with Gasteiger partial charge in [0.2, 0.25) is 5.95 Å². The van der Waals surface area contributed by atoms with Gasteiger partial charge in [0.15, 0.2) is 5.65 Å². The van der Waals surface area contributed by atoms with Crippen LogP contribution in [0.1, 0.15) is 11.1 Å². The fraction of sp³-hybridized carbons (Fsp3) is 0.143. The van der Waals surface area contributed by atoms with E-state index in [1.165, 1.54) is 6.20 Å². The van der Waals surface area contributed by atoms with Crippen molar-refractivity contribution in [2.75, 3.05) is 11.9 Å². The third kappa shape index (κ3) is 4.08. The molecule has 0 saturated heterocycles. The van der Waals surface area contributed by atoms with Gasteiger partial charge in [0.05, 0.1) is 15.7 Å². The Morgan fingerprint density at radius 1 is 1.10 bits per heavy atom. The Morgan fingerprint density at radius 2 is 1.93 bits per heavy atom. The number of aryl methyl sites for hydroxylation is 1. The second-order valence-electron chi connectivity index (χ2n) is 6.79. The van der Waals surface area contributed by atoms with Crippen molar-refractivity contribution >= 4 is 40.2 Å². The summed E-state index contributed by atoms with van der Waals surface area (Å²) < 4.78 is 1.08. The fourth-order valence-corrected chi connectivity index (χ4v) is 3.42. The van der Waals surface area contributed by atoms with E-state index < -0.39 is 11.2 Å². The number of fused-ring (bicyclic) bond motifs is 1. The summed E-state index contributed by atoms with van der Waals surface area (Å²) in [5, 5.41) is 4.32. The number of H-pyrrole nitrogens is 1. The summed E-state index contributed by atoms with van der Waals surface area (Å²) in [4.78, 5) is 36.5. The molecule has 0 saturated carbocycles. The van der Waals surface area contributed by atoms with E-state index in [0.717, 1.165) is 15.7 Å². The number of nitrogens with zero attached hydrogens (tertiary/aromatic N) is 3. The van der Waals surface area contributed by atoms with Gasteiger partial charge in [-0.25, -0.2) is 14.3 Å². The van der Waals surface area contributed by atoms with Crippen molar-refractivity contribution in [3.63, 3.8) is 0 Å². The first-order valence-electron chi connectivity index (χ1n) is 9.19. The lowest BCUT2D eigenvalue weighted by molar-refractivity contribution is 0.889. The monoisotopic (exact) mass is 441 g/mol. The van der Waals surface area contributed by atoms with E-state index in [4.69, 9.17) is 23.2 Å². The highest BCUT2D eigenvalue weighted by Gasteiger charge is 2.12. The van der Waals surface area contributed by atoms with Gasteiger partial charge in [-0.05, 0) is 48.7 Å². The minimum Gasteiger partial charge on any atom is -0.354 e. The smallest absolute Gasteiger partial charge is 0.334 e. The van der Waals surface area contributed by atoms with Gasteiger partial charge in [-0.3, -0.25) is 9.78 Å². The van der Waals surface area contributed by atoms with Crippen LogP contribution in [0.25, 0.3) is 16.7 Å². The van der Waals surface area contributed by atoms with Crippen LogP contribution in [-0.2, 0) is 6.42 Å². The molecule has 0 aliphatic carbocycles. The summed E-state index contributed by atoms with van der Waals surface area (Å²) in [7, 11) is 0. The van der Waals surface area contributed by atoms with Gasteiger partial charge in [-0.1, -0.05) is 41.4 Å². The Kier molecular flexibility index (Phi) is 5.57. The number of rotatable bonds is 5. The number of aromatic nitrogens is 4. The van der Waals surface area contributed by atoms with Crippen molar-refractivity contribution in [3.05, 3.63) is 90.7 Å².